The standard InChI is InChI=1S/3C2HF3O2.Mg/c3*3-2(4,5)1(6)7;/h3*(H,6,7);/q;;;+2/p-2. The molecule has 0 spiro atoms. The molecule has 126 valence electrons. The van der Waals surface area contributed by atoms with Crippen LogP contribution in [0.1, 0.15) is 0 Å². The van der Waals surface area contributed by atoms with Crippen LogP contribution in [0.15, 0.2) is 0 Å². The van der Waals surface area contributed by atoms with E-state index in [0.29, 0.717) is 0 Å². The molecule has 0 unspecified atom stereocenters. The number of carbonyl (C=O) groups is 3. The van der Waals surface area contributed by atoms with Gasteiger partial charge in [0.25, 0.3) is 0 Å². The van der Waals surface area contributed by atoms with Gasteiger partial charge in [-0.1, -0.05) is 0 Å². The van der Waals surface area contributed by atoms with E-state index in [4.69, 9.17) is 29.7 Å². The first-order valence-electron chi connectivity index (χ1n) is 3.70. The summed E-state index contributed by atoms with van der Waals surface area (Å²) in [5.41, 5.74) is 0. The largest absolute Gasteiger partial charge is 2.00 e. The van der Waals surface area contributed by atoms with E-state index in [1.807, 2.05) is 0 Å². The Balaban J connectivity index is -0.000000108. The van der Waals surface area contributed by atoms with Crippen LogP contribution in [0, 0.1) is 0 Å². The summed E-state index contributed by atoms with van der Waals surface area (Å²) in [7, 11) is 0. The summed E-state index contributed by atoms with van der Waals surface area (Å²) in [4.78, 5) is 26.5. The van der Waals surface area contributed by atoms with Crippen LogP contribution < -0.4 is 10.2 Å². The van der Waals surface area contributed by atoms with E-state index in [2.05, 4.69) is 0 Å². The first-order chi connectivity index (χ1) is 8.83. The van der Waals surface area contributed by atoms with E-state index in [-0.39, 0.29) is 23.1 Å². The van der Waals surface area contributed by atoms with E-state index in [1.165, 1.54) is 0 Å². The molecule has 0 amide bonds. The van der Waals surface area contributed by atoms with Crippen molar-refractivity contribution in [3.05, 3.63) is 0 Å². The molecule has 0 saturated heterocycles. The molecule has 16 heteroatoms. The Labute approximate surface area is 129 Å². The van der Waals surface area contributed by atoms with E-state index in [0.717, 1.165) is 0 Å². The Morgan fingerprint density at radius 1 is 0.636 bits per heavy atom. The first-order valence-corrected chi connectivity index (χ1v) is 3.70. The predicted octanol–water partition coefficient (Wildman–Crippen LogP) is -1.15. The summed E-state index contributed by atoms with van der Waals surface area (Å²) < 4.78 is 94.8. The number of hydrogen-bond donors (Lipinski definition) is 1. The van der Waals surface area contributed by atoms with Gasteiger partial charge < -0.3 is 24.9 Å². The average molecular weight is 364 g/mol. The zero-order valence-corrected chi connectivity index (χ0v) is 11.0. The molecule has 0 aromatic rings. The van der Waals surface area contributed by atoms with Crippen molar-refractivity contribution in [2.45, 2.75) is 18.5 Å². The molecule has 0 aromatic carbocycles. The Morgan fingerprint density at radius 2 is 0.727 bits per heavy atom. The van der Waals surface area contributed by atoms with Crippen LogP contribution in [0.4, 0.5) is 39.5 Å². The number of carbonyl (C=O) groups excluding carboxylic acids is 2. The van der Waals surface area contributed by atoms with E-state index >= 15 is 0 Å². The van der Waals surface area contributed by atoms with Gasteiger partial charge in [-0.15, -0.1) is 0 Å². The van der Waals surface area contributed by atoms with Crippen LogP contribution in [0.25, 0.3) is 0 Å². The second-order valence-electron chi connectivity index (χ2n) is 2.37. The third-order valence-corrected chi connectivity index (χ3v) is 0.705. The summed E-state index contributed by atoms with van der Waals surface area (Å²) in [5, 5.41) is 24.7. The topological polar surface area (TPSA) is 118 Å². The van der Waals surface area contributed by atoms with Gasteiger partial charge in [-0.3, -0.25) is 0 Å². The molecule has 6 nitrogen and oxygen atoms in total. The minimum Gasteiger partial charge on any atom is -0.542 e. The Kier molecular flexibility index (Phi) is 13.4. The molecule has 0 aliphatic rings. The van der Waals surface area contributed by atoms with Crippen molar-refractivity contribution in [3.8, 4) is 0 Å². The van der Waals surface area contributed by atoms with Gasteiger partial charge in [0.2, 0.25) is 0 Å². The van der Waals surface area contributed by atoms with Gasteiger partial charge in [0.1, 0.15) is 11.9 Å². The molecule has 0 fully saturated rings. The molecule has 22 heavy (non-hydrogen) atoms. The minimum atomic E-state index is -5.19. The van der Waals surface area contributed by atoms with Crippen molar-refractivity contribution >= 4 is 41.0 Å². The number of aliphatic carboxylic acids is 3. The SMILES string of the molecule is O=C(O)C(F)(F)F.O=C([O-])C(F)(F)F.O=C([O-])C(F)(F)F.[Mg+2]. The zero-order valence-electron chi connectivity index (χ0n) is 9.60. The number of rotatable bonds is 0. The number of hydrogen-bond acceptors (Lipinski definition) is 5. The molecule has 0 atom stereocenters. The van der Waals surface area contributed by atoms with Gasteiger partial charge in [0.05, 0.1) is 0 Å². The van der Waals surface area contributed by atoms with Gasteiger partial charge in [0, 0.05) is 0 Å². The summed E-state index contributed by atoms with van der Waals surface area (Å²) in [6.07, 6.45) is -15.5. The summed E-state index contributed by atoms with van der Waals surface area (Å²) >= 11 is 0. The van der Waals surface area contributed by atoms with Gasteiger partial charge in [-0.05, 0) is 0 Å². The van der Waals surface area contributed by atoms with Crippen LogP contribution in [-0.2, 0) is 14.4 Å². The number of carboxylic acids is 3. The first kappa shape index (κ1) is 28.7. The van der Waals surface area contributed by atoms with Crippen LogP contribution >= 0.6 is 0 Å². The molecule has 0 saturated carbocycles. The van der Waals surface area contributed by atoms with Crippen LogP contribution in [0.5, 0.6) is 0 Å². The van der Waals surface area contributed by atoms with Crippen LogP contribution in [0.2, 0.25) is 0 Å². The number of alkyl halides is 9. The summed E-state index contributed by atoms with van der Waals surface area (Å²) in [5.74, 6) is -8.77. The molecule has 0 rings (SSSR count). The predicted molar refractivity (Wildman–Crippen MR) is 41.6 cm³/mol. The molecule has 0 heterocycles. The quantitative estimate of drug-likeness (QED) is 0.428. The molecular weight excluding hydrogens is 363 g/mol. The van der Waals surface area contributed by atoms with Crippen molar-refractivity contribution in [2.75, 3.05) is 0 Å². The molecule has 0 bridgehead atoms. The molecular formula is C6HF9MgO6. The van der Waals surface area contributed by atoms with Crippen molar-refractivity contribution in [1.82, 2.24) is 0 Å². The number of carboxylic acid groups (broad SMARTS) is 3. The maximum atomic E-state index is 10.6. The summed E-state index contributed by atoms with van der Waals surface area (Å²) in [6.45, 7) is 0. The average Bonchev–Trinajstić information content (AvgIpc) is 2.14. The van der Waals surface area contributed by atoms with Gasteiger partial charge in [-0.25, -0.2) is 4.79 Å². The van der Waals surface area contributed by atoms with Crippen LogP contribution in [-0.4, -0.2) is 64.6 Å². The second kappa shape index (κ2) is 10.3. The van der Waals surface area contributed by atoms with Crippen LogP contribution in [0.3, 0.4) is 0 Å². The van der Waals surface area contributed by atoms with Gasteiger partial charge >= 0.3 is 47.6 Å². The Hall–Kier alpha value is -1.45. The Bertz CT molecular complexity index is 313. The summed E-state index contributed by atoms with van der Waals surface area (Å²) in [6, 6.07) is 0. The molecule has 0 aromatic heterocycles. The molecule has 0 aliphatic carbocycles. The van der Waals surface area contributed by atoms with Crippen molar-refractivity contribution < 1.29 is 69.2 Å². The van der Waals surface area contributed by atoms with Crippen molar-refractivity contribution in [3.63, 3.8) is 0 Å². The van der Waals surface area contributed by atoms with Crippen molar-refractivity contribution in [1.29, 1.82) is 0 Å². The Morgan fingerprint density at radius 3 is 0.727 bits per heavy atom. The van der Waals surface area contributed by atoms with Gasteiger partial charge in [-0.2, -0.15) is 39.5 Å². The zero-order chi connectivity index (χ0) is 18.2. The fourth-order valence-corrected chi connectivity index (χ4v) is 0. The maximum Gasteiger partial charge on any atom is 2.00 e. The number of halogens is 9. The van der Waals surface area contributed by atoms with Crippen molar-refractivity contribution in [2.24, 2.45) is 0 Å². The molecule has 0 aliphatic heterocycles. The third kappa shape index (κ3) is 20.9. The maximum absolute atomic E-state index is 10.6. The molecule has 0 radical (unpaired) electrons. The van der Waals surface area contributed by atoms with E-state index < -0.39 is 36.4 Å². The monoisotopic (exact) mass is 364 g/mol. The minimum absolute atomic E-state index is 0. The third-order valence-electron chi connectivity index (χ3n) is 0.705. The van der Waals surface area contributed by atoms with E-state index in [9.17, 15) is 39.5 Å². The molecule has 1 N–H and O–H groups in total. The van der Waals surface area contributed by atoms with E-state index in [1.54, 1.807) is 0 Å². The smallest absolute Gasteiger partial charge is 0.542 e. The normalized spacial score (nSPS) is 10.8. The fourth-order valence-electron chi connectivity index (χ4n) is 0. The second-order valence-corrected chi connectivity index (χ2v) is 2.37. The fraction of sp³-hybridized carbons (Fsp3) is 0.500. The van der Waals surface area contributed by atoms with Gasteiger partial charge in [0.15, 0.2) is 0 Å².